The van der Waals surface area contributed by atoms with E-state index in [0.29, 0.717) is 30.5 Å². The van der Waals surface area contributed by atoms with Gasteiger partial charge in [0.05, 0.1) is 6.54 Å². The van der Waals surface area contributed by atoms with Crippen molar-refractivity contribution >= 4 is 35.0 Å². The summed E-state index contributed by atoms with van der Waals surface area (Å²) in [5.41, 5.74) is 1.49. The van der Waals surface area contributed by atoms with Gasteiger partial charge in [0.15, 0.2) is 0 Å². The SMILES string of the molecule is CCN(CC)c1cc(Nc2ccc(NC(=O)CN3CCOC3=O)cc2)nc(C)n1. The zero-order valence-corrected chi connectivity index (χ0v) is 16.9. The van der Waals surface area contributed by atoms with E-state index in [-0.39, 0.29) is 12.5 Å². The van der Waals surface area contributed by atoms with E-state index in [0.717, 1.165) is 24.6 Å². The summed E-state index contributed by atoms with van der Waals surface area (Å²) < 4.78 is 4.82. The molecule has 0 atom stereocenters. The van der Waals surface area contributed by atoms with Crippen molar-refractivity contribution in [3.8, 4) is 0 Å². The fraction of sp³-hybridized carbons (Fsp3) is 0.400. The Morgan fingerprint density at radius 2 is 1.86 bits per heavy atom. The highest BCUT2D eigenvalue weighted by atomic mass is 16.6. The minimum absolute atomic E-state index is 0.0207. The van der Waals surface area contributed by atoms with Crippen LogP contribution < -0.4 is 15.5 Å². The Morgan fingerprint density at radius 3 is 2.48 bits per heavy atom. The average molecular weight is 398 g/mol. The third-order valence-electron chi connectivity index (χ3n) is 4.53. The summed E-state index contributed by atoms with van der Waals surface area (Å²) in [6.45, 7) is 8.53. The number of rotatable bonds is 8. The van der Waals surface area contributed by atoms with Crippen LogP contribution in [0.3, 0.4) is 0 Å². The summed E-state index contributed by atoms with van der Waals surface area (Å²) in [4.78, 5) is 36.0. The Morgan fingerprint density at radius 1 is 1.17 bits per heavy atom. The molecule has 2 heterocycles. The Labute approximate surface area is 170 Å². The molecule has 1 fully saturated rings. The highest BCUT2D eigenvalue weighted by Crippen LogP contribution is 2.21. The highest BCUT2D eigenvalue weighted by Gasteiger charge is 2.24. The van der Waals surface area contributed by atoms with Crippen LogP contribution in [0.25, 0.3) is 0 Å². The fourth-order valence-corrected chi connectivity index (χ4v) is 3.05. The van der Waals surface area contributed by atoms with Crippen molar-refractivity contribution in [1.29, 1.82) is 0 Å². The average Bonchev–Trinajstić information content (AvgIpc) is 3.08. The fourth-order valence-electron chi connectivity index (χ4n) is 3.05. The van der Waals surface area contributed by atoms with E-state index in [9.17, 15) is 9.59 Å². The zero-order chi connectivity index (χ0) is 20.8. The first kappa shape index (κ1) is 20.4. The Balaban J connectivity index is 1.62. The monoisotopic (exact) mass is 398 g/mol. The largest absolute Gasteiger partial charge is 0.448 e. The minimum Gasteiger partial charge on any atom is -0.448 e. The Bertz CT molecular complexity index is 867. The maximum absolute atomic E-state index is 12.1. The van der Waals surface area contributed by atoms with Gasteiger partial charge in [-0.2, -0.15) is 0 Å². The van der Waals surface area contributed by atoms with Crippen molar-refractivity contribution in [3.63, 3.8) is 0 Å². The molecular weight excluding hydrogens is 372 g/mol. The highest BCUT2D eigenvalue weighted by molar-refractivity contribution is 5.94. The lowest BCUT2D eigenvalue weighted by atomic mass is 10.2. The maximum Gasteiger partial charge on any atom is 0.410 e. The van der Waals surface area contributed by atoms with Crippen molar-refractivity contribution in [1.82, 2.24) is 14.9 Å². The lowest BCUT2D eigenvalue weighted by molar-refractivity contribution is -0.116. The van der Waals surface area contributed by atoms with Crippen LogP contribution in [0.15, 0.2) is 30.3 Å². The summed E-state index contributed by atoms with van der Waals surface area (Å²) in [6, 6.07) is 9.22. The number of cyclic esters (lactones) is 1. The summed E-state index contributed by atoms with van der Waals surface area (Å²) in [5.74, 6) is 2.03. The van der Waals surface area contributed by atoms with Crippen molar-refractivity contribution < 1.29 is 14.3 Å². The normalized spacial score (nSPS) is 13.2. The van der Waals surface area contributed by atoms with Crippen molar-refractivity contribution in [2.24, 2.45) is 0 Å². The molecule has 2 aromatic rings. The van der Waals surface area contributed by atoms with Crippen LogP contribution in [-0.2, 0) is 9.53 Å². The molecule has 29 heavy (non-hydrogen) atoms. The first-order chi connectivity index (χ1) is 14.0. The van der Waals surface area contributed by atoms with Gasteiger partial charge in [-0.1, -0.05) is 0 Å². The summed E-state index contributed by atoms with van der Waals surface area (Å²) >= 11 is 0. The third-order valence-corrected chi connectivity index (χ3v) is 4.53. The molecule has 0 bridgehead atoms. The summed E-state index contributed by atoms with van der Waals surface area (Å²) in [5, 5.41) is 6.05. The van der Waals surface area contributed by atoms with Gasteiger partial charge in [-0.15, -0.1) is 0 Å². The van der Waals surface area contributed by atoms with Gasteiger partial charge in [-0.05, 0) is 45.0 Å². The number of carbonyl (C=O) groups excluding carboxylic acids is 2. The van der Waals surface area contributed by atoms with E-state index in [4.69, 9.17) is 4.74 Å². The molecular formula is C20H26N6O3. The second kappa shape index (κ2) is 9.22. The summed E-state index contributed by atoms with van der Waals surface area (Å²) in [6.07, 6.45) is -0.455. The molecule has 1 aromatic heterocycles. The van der Waals surface area contributed by atoms with Crippen LogP contribution in [-0.4, -0.2) is 59.7 Å². The molecule has 9 heteroatoms. The number of aryl methyl sites for hydroxylation is 1. The molecule has 1 aliphatic rings. The number of ether oxygens (including phenoxy) is 1. The molecule has 0 radical (unpaired) electrons. The van der Waals surface area contributed by atoms with E-state index >= 15 is 0 Å². The van der Waals surface area contributed by atoms with Gasteiger partial charge in [0, 0.05) is 30.5 Å². The Kier molecular flexibility index (Phi) is 6.48. The molecule has 3 rings (SSSR count). The predicted octanol–water partition coefficient (Wildman–Crippen LogP) is 2.77. The van der Waals surface area contributed by atoms with Crippen LogP contribution in [0.4, 0.5) is 27.8 Å². The lowest BCUT2D eigenvalue weighted by Crippen LogP contribution is -2.33. The Hall–Kier alpha value is -3.36. The van der Waals surface area contributed by atoms with Crippen molar-refractivity contribution in [2.45, 2.75) is 20.8 Å². The van der Waals surface area contributed by atoms with Crippen LogP contribution in [0.2, 0.25) is 0 Å². The molecule has 1 aromatic carbocycles. The summed E-state index contributed by atoms with van der Waals surface area (Å²) in [7, 11) is 0. The lowest BCUT2D eigenvalue weighted by Gasteiger charge is -2.20. The number of benzene rings is 1. The molecule has 1 aliphatic heterocycles. The number of amides is 2. The van der Waals surface area contributed by atoms with Gasteiger partial charge in [0.1, 0.15) is 30.6 Å². The first-order valence-corrected chi connectivity index (χ1v) is 9.67. The van der Waals surface area contributed by atoms with Crippen LogP contribution in [0.1, 0.15) is 19.7 Å². The van der Waals surface area contributed by atoms with Crippen molar-refractivity contribution in [2.75, 3.05) is 48.3 Å². The van der Waals surface area contributed by atoms with E-state index in [1.807, 2.05) is 25.1 Å². The van der Waals surface area contributed by atoms with Gasteiger partial charge < -0.3 is 20.3 Å². The minimum atomic E-state index is -0.455. The first-order valence-electron chi connectivity index (χ1n) is 9.67. The molecule has 0 aliphatic carbocycles. The predicted molar refractivity (Wildman–Crippen MR) is 112 cm³/mol. The van der Waals surface area contributed by atoms with E-state index in [1.165, 1.54) is 4.90 Å². The maximum atomic E-state index is 12.1. The van der Waals surface area contributed by atoms with E-state index in [2.05, 4.69) is 39.3 Å². The van der Waals surface area contributed by atoms with Crippen molar-refractivity contribution in [3.05, 3.63) is 36.2 Å². The second-order valence-electron chi connectivity index (χ2n) is 6.62. The molecule has 2 amide bonds. The van der Waals surface area contributed by atoms with Gasteiger partial charge in [0.25, 0.3) is 0 Å². The van der Waals surface area contributed by atoms with Crippen LogP contribution >= 0.6 is 0 Å². The topological polar surface area (TPSA) is 99.7 Å². The molecule has 0 saturated carbocycles. The van der Waals surface area contributed by atoms with Crippen LogP contribution in [0, 0.1) is 6.92 Å². The standard InChI is InChI=1S/C20H26N6O3/c1-4-25(5-2)18-12-17(21-14(3)22-18)23-15-6-8-16(9-7-15)24-19(27)13-26-10-11-29-20(26)28/h6-9,12H,4-5,10-11,13H2,1-3H3,(H,24,27)(H,21,22,23). The number of nitrogens with zero attached hydrogens (tertiary/aromatic N) is 4. The van der Waals surface area contributed by atoms with E-state index < -0.39 is 6.09 Å². The van der Waals surface area contributed by atoms with Gasteiger partial charge in [-0.3, -0.25) is 9.69 Å². The van der Waals surface area contributed by atoms with Gasteiger partial charge in [-0.25, -0.2) is 14.8 Å². The number of hydrogen-bond donors (Lipinski definition) is 2. The number of nitrogens with one attached hydrogen (secondary N) is 2. The molecule has 0 unspecified atom stereocenters. The van der Waals surface area contributed by atoms with Gasteiger partial charge >= 0.3 is 6.09 Å². The molecule has 9 nitrogen and oxygen atoms in total. The number of carbonyl (C=O) groups is 2. The number of hydrogen-bond acceptors (Lipinski definition) is 7. The smallest absolute Gasteiger partial charge is 0.410 e. The third kappa shape index (κ3) is 5.34. The molecule has 1 saturated heterocycles. The second-order valence-corrected chi connectivity index (χ2v) is 6.62. The van der Waals surface area contributed by atoms with Gasteiger partial charge in [0.2, 0.25) is 5.91 Å². The molecule has 154 valence electrons. The number of anilines is 4. The number of aromatic nitrogens is 2. The molecule has 0 spiro atoms. The quantitative estimate of drug-likeness (QED) is 0.705. The molecule has 2 N–H and O–H groups in total. The van der Waals surface area contributed by atoms with Crippen LogP contribution in [0.5, 0.6) is 0 Å². The zero-order valence-electron chi connectivity index (χ0n) is 16.9. The van der Waals surface area contributed by atoms with E-state index in [1.54, 1.807) is 12.1 Å².